The minimum Gasteiger partial charge on any atom is -0.354 e. The van der Waals surface area contributed by atoms with Crippen LogP contribution in [-0.4, -0.2) is 38.0 Å². The van der Waals surface area contributed by atoms with Gasteiger partial charge in [-0.25, -0.2) is 13.1 Å². The summed E-state index contributed by atoms with van der Waals surface area (Å²) in [5.41, 5.74) is -0.675. The first kappa shape index (κ1) is 13.9. The molecule has 0 aromatic rings. The van der Waals surface area contributed by atoms with Gasteiger partial charge in [-0.1, -0.05) is 15.9 Å². The molecule has 0 radical (unpaired) electrons. The first-order chi connectivity index (χ1) is 6.16. The summed E-state index contributed by atoms with van der Waals surface area (Å²) in [5, 5.41) is 2.79. The summed E-state index contributed by atoms with van der Waals surface area (Å²) in [7, 11) is -3.25. The third kappa shape index (κ3) is 7.28. The van der Waals surface area contributed by atoms with Crippen LogP contribution < -0.4 is 10.0 Å². The molecule has 84 valence electrons. The Morgan fingerprint density at radius 3 is 2.29 bits per heavy atom. The van der Waals surface area contributed by atoms with Crippen LogP contribution in [0.5, 0.6) is 0 Å². The van der Waals surface area contributed by atoms with Crippen LogP contribution in [0.3, 0.4) is 0 Å². The van der Waals surface area contributed by atoms with Gasteiger partial charge in [0.15, 0.2) is 0 Å². The van der Waals surface area contributed by atoms with Gasteiger partial charge in [0.05, 0.1) is 11.6 Å². The first-order valence-corrected chi connectivity index (χ1v) is 6.99. The maximum Gasteiger partial charge on any atom is 0.230 e. The Morgan fingerprint density at radius 1 is 1.43 bits per heavy atom. The van der Waals surface area contributed by atoms with E-state index in [9.17, 15) is 13.2 Å². The molecule has 7 heteroatoms. The number of carbonyl (C=O) groups excluding carboxylic acids is 1. The number of alkyl halides is 1. The van der Waals surface area contributed by atoms with Crippen LogP contribution in [0.1, 0.15) is 13.8 Å². The van der Waals surface area contributed by atoms with E-state index < -0.39 is 15.6 Å². The molecule has 0 rings (SSSR count). The van der Waals surface area contributed by atoms with Gasteiger partial charge in [-0.3, -0.25) is 4.79 Å². The lowest BCUT2D eigenvalue weighted by Gasteiger charge is -2.25. The van der Waals surface area contributed by atoms with Crippen molar-refractivity contribution in [2.75, 3.05) is 18.1 Å². The molecule has 0 unspecified atom stereocenters. The molecule has 0 saturated carbocycles. The van der Waals surface area contributed by atoms with Crippen LogP contribution in [0, 0.1) is 0 Å². The van der Waals surface area contributed by atoms with E-state index in [4.69, 9.17) is 0 Å². The Bertz CT molecular complexity index is 300. The van der Waals surface area contributed by atoms with E-state index in [1.54, 1.807) is 13.8 Å². The quantitative estimate of drug-likeness (QED) is 0.689. The molecule has 0 atom stereocenters. The molecule has 2 N–H and O–H groups in total. The Morgan fingerprint density at radius 2 is 1.93 bits per heavy atom. The molecule has 0 aromatic heterocycles. The SMILES string of the molecule is CC(C)(CNC(=O)CBr)NS(C)(=O)=O. The van der Waals surface area contributed by atoms with E-state index in [0.717, 1.165) is 6.26 Å². The Hall–Kier alpha value is -0.140. The highest BCUT2D eigenvalue weighted by molar-refractivity contribution is 9.09. The number of hydrogen-bond donors (Lipinski definition) is 2. The summed E-state index contributed by atoms with van der Waals surface area (Å²) in [4.78, 5) is 10.9. The fraction of sp³-hybridized carbons (Fsp3) is 0.857. The fourth-order valence-electron chi connectivity index (χ4n) is 0.905. The van der Waals surface area contributed by atoms with E-state index in [-0.39, 0.29) is 17.8 Å². The van der Waals surface area contributed by atoms with Crippen LogP contribution in [0.15, 0.2) is 0 Å². The average Bonchev–Trinajstić information content (AvgIpc) is 1.96. The van der Waals surface area contributed by atoms with E-state index in [1.165, 1.54) is 0 Å². The van der Waals surface area contributed by atoms with Crippen LogP contribution >= 0.6 is 15.9 Å². The lowest BCUT2D eigenvalue weighted by atomic mass is 10.1. The summed E-state index contributed by atoms with van der Waals surface area (Å²) in [5.74, 6) is -0.173. The topological polar surface area (TPSA) is 75.3 Å². The van der Waals surface area contributed by atoms with Gasteiger partial charge in [-0.05, 0) is 13.8 Å². The van der Waals surface area contributed by atoms with Gasteiger partial charge < -0.3 is 5.32 Å². The van der Waals surface area contributed by atoms with E-state index >= 15 is 0 Å². The lowest BCUT2D eigenvalue weighted by Crippen LogP contribution is -2.51. The second kappa shape index (κ2) is 5.09. The molecule has 5 nitrogen and oxygen atoms in total. The Labute approximate surface area is 92.8 Å². The van der Waals surface area contributed by atoms with Crippen LogP contribution in [0.25, 0.3) is 0 Å². The molecular formula is C7H15BrN2O3S. The zero-order chi connectivity index (χ0) is 11.4. The standard InChI is InChI=1S/C7H15BrN2O3S/c1-7(2,10-14(3,12)13)5-9-6(11)4-8/h10H,4-5H2,1-3H3,(H,9,11). The lowest BCUT2D eigenvalue weighted by molar-refractivity contribution is -0.118. The van der Waals surface area contributed by atoms with Crippen molar-refractivity contribution in [2.45, 2.75) is 19.4 Å². The molecular weight excluding hydrogens is 272 g/mol. The van der Waals surface area contributed by atoms with Crippen LogP contribution in [0.2, 0.25) is 0 Å². The Kier molecular flexibility index (Phi) is 5.03. The minimum atomic E-state index is -3.25. The highest BCUT2D eigenvalue weighted by atomic mass is 79.9. The monoisotopic (exact) mass is 286 g/mol. The smallest absolute Gasteiger partial charge is 0.230 e. The number of carbonyl (C=O) groups is 1. The molecule has 0 aliphatic heterocycles. The maximum absolute atomic E-state index is 10.9. The van der Waals surface area contributed by atoms with Gasteiger partial charge in [0.2, 0.25) is 15.9 Å². The van der Waals surface area contributed by atoms with Gasteiger partial charge in [-0.2, -0.15) is 0 Å². The maximum atomic E-state index is 10.9. The van der Waals surface area contributed by atoms with E-state index in [1.807, 2.05) is 0 Å². The van der Waals surface area contributed by atoms with Gasteiger partial charge in [-0.15, -0.1) is 0 Å². The summed E-state index contributed by atoms with van der Waals surface area (Å²) in [6.45, 7) is 3.65. The van der Waals surface area contributed by atoms with Crippen molar-refractivity contribution < 1.29 is 13.2 Å². The molecule has 0 spiro atoms. The van der Waals surface area contributed by atoms with Crippen molar-refractivity contribution in [1.82, 2.24) is 10.0 Å². The third-order valence-corrected chi connectivity index (χ3v) is 2.74. The van der Waals surface area contributed by atoms with E-state index in [2.05, 4.69) is 26.0 Å². The molecule has 0 aromatic carbocycles. The summed E-state index contributed by atoms with van der Waals surface area (Å²) in [6, 6.07) is 0. The van der Waals surface area contributed by atoms with Gasteiger partial charge in [0.1, 0.15) is 0 Å². The molecule has 0 bridgehead atoms. The Balaban J connectivity index is 4.15. The van der Waals surface area contributed by atoms with Crippen LogP contribution in [-0.2, 0) is 14.8 Å². The summed E-state index contributed by atoms with van der Waals surface area (Å²) >= 11 is 2.99. The third-order valence-electron chi connectivity index (χ3n) is 1.31. The predicted octanol–water partition coefficient (Wildman–Crippen LogP) is -0.175. The molecule has 1 amide bonds. The fourth-order valence-corrected chi connectivity index (χ4v) is 2.18. The molecule has 0 aliphatic rings. The molecule has 0 saturated heterocycles. The highest BCUT2D eigenvalue weighted by Gasteiger charge is 2.22. The molecule has 0 fully saturated rings. The molecule has 14 heavy (non-hydrogen) atoms. The van der Waals surface area contributed by atoms with Gasteiger partial charge in [0, 0.05) is 12.1 Å². The normalized spacial score (nSPS) is 12.6. The largest absolute Gasteiger partial charge is 0.354 e. The number of rotatable bonds is 5. The van der Waals surface area contributed by atoms with E-state index in [0.29, 0.717) is 0 Å². The van der Waals surface area contributed by atoms with Crippen molar-refractivity contribution in [3.63, 3.8) is 0 Å². The van der Waals surface area contributed by atoms with Crippen molar-refractivity contribution >= 4 is 31.9 Å². The zero-order valence-corrected chi connectivity index (χ0v) is 10.8. The summed E-state index contributed by atoms with van der Waals surface area (Å²) in [6.07, 6.45) is 1.08. The van der Waals surface area contributed by atoms with Crippen molar-refractivity contribution in [2.24, 2.45) is 0 Å². The number of hydrogen-bond acceptors (Lipinski definition) is 3. The average molecular weight is 287 g/mol. The predicted molar refractivity (Wildman–Crippen MR) is 58.9 cm³/mol. The van der Waals surface area contributed by atoms with Crippen molar-refractivity contribution in [3.05, 3.63) is 0 Å². The summed E-state index contributed by atoms with van der Waals surface area (Å²) < 4.78 is 24.3. The minimum absolute atomic E-state index is 0.173. The molecule has 0 heterocycles. The van der Waals surface area contributed by atoms with Crippen LogP contribution in [0.4, 0.5) is 0 Å². The first-order valence-electron chi connectivity index (χ1n) is 3.98. The number of nitrogens with one attached hydrogen (secondary N) is 2. The van der Waals surface area contributed by atoms with Gasteiger partial charge in [0.25, 0.3) is 0 Å². The number of sulfonamides is 1. The number of amides is 1. The van der Waals surface area contributed by atoms with Crippen molar-refractivity contribution in [3.8, 4) is 0 Å². The number of halogens is 1. The molecule has 0 aliphatic carbocycles. The van der Waals surface area contributed by atoms with Gasteiger partial charge >= 0.3 is 0 Å². The van der Waals surface area contributed by atoms with Crippen molar-refractivity contribution in [1.29, 1.82) is 0 Å². The zero-order valence-electron chi connectivity index (χ0n) is 8.43. The second-order valence-electron chi connectivity index (χ2n) is 3.67. The second-order valence-corrected chi connectivity index (χ2v) is 5.98. The highest BCUT2D eigenvalue weighted by Crippen LogP contribution is 2.01.